The van der Waals surface area contributed by atoms with Crippen molar-refractivity contribution in [1.29, 1.82) is 0 Å². The Bertz CT molecular complexity index is 1060. The first-order valence-electron chi connectivity index (χ1n) is 10.1. The fourth-order valence-electron chi connectivity index (χ4n) is 3.20. The minimum atomic E-state index is -0.502. The molecule has 2 aromatic heterocycles. The summed E-state index contributed by atoms with van der Waals surface area (Å²) < 4.78 is 6.63. The third kappa shape index (κ3) is 4.59. The Morgan fingerprint density at radius 3 is 2.60 bits per heavy atom. The van der Waals surface area contributed by atoms with Gasteiger partial charge in [-0.3, -0.25) is 4.79 Å². The number of aromatic nitrogens is 3. The molecule has 0 aliphatic rings. The number of hydrogen-bond donors (Lipinski definition) is 2. The van der Waals surface area contributed by atoms with Gasteiger partial charge in [-0.1, -0.05) is 24.3 Å². The number of fused-ring (bicyclic) bond motifs is 1. The molecule has 2 N–H and O–H groups in total. The quantitative estimate of drug-likeness (QED) is 0.582. The van der Waals surface area contributed by atoms with E-state index in [0.717, 1.165) is 16.8 Å². The van der Waals surface area contributed by atoms with E-state index in [-0.39, 0.29) is 25.0 Å². The van der Waals surface area contributed by atoms with Crippen LogP contribution in [0, 0.1) is 6.92 Å². The highest BCUT2D eigenvalue weighted by molar-refractivity contribution is 6.06. The molecule has 158 valence electrons. The molecule has 0 aliphatic carbocycles. The topological polar surface area (TPSA) is 98.1 Å². The summed E-state index contributed by atoms with van der Waals surface area (Å²) in [5.41, 5.74) is 3.93. The van der Waals surface area contributed by atoms with E-state index in [9.17, 15) is 9.59 Å². The van der Waals surface area contributed by atoms with Crippen LogP contribution < -0.4 is 10.6 Å². The summed E-state index contributed by atoms with van der Waals surface area (Å²) in [5, 5.41) is 10.6. The molecule has 2 heterocycles. The first-order chi connectivity index (χ1) is 14.4. The van der Waals surface area contributed by atoms with Crippen LogP contribution in [0.2, 0.25) is 0 Å². The second-order valence-electron chi connectivity index (χ2n) is 7.19. The van der Waals surface area contributed by atoms with Crippen LogP contribution in [0.25, 0.3) is 22.3 Å². The van der Waals surface area contributed by atoms with Gasteiger partial charge in [-0.25, -0.2) is 14.5 Å². The van der Waals surface area contributed by atoms with Gasteiger partial charge in [0.25, 0.3) is 5.91 Å². The summed E-state index contributed by atoms with van der Waals surface area (Å²) in [6.07, 6.45) is 1.17. The van der Waals surface area contributed by atoms with Crippen LogP contribution >= 0.6 is 0 Å². The molecule has 0 unspecified atom stereocenters. The highest BCUT2D eigenvalue weighted by atomic mass is 16.5. The van der Waals surface area contributed by atoms with Gasteiger partial charge >= 0.3 is 6.09 Å². The van der Waals surface area contributed by atoms with Gasteiger partial charge in [-0.15, -0.1) is 0 Å². The lowest BCUT2D eigenvalue weighted by Gasteiger charge is -2.12. The van der Waals surface area contributed by atoms with E-state index in [2.05, 4.69) is 15.7 Å². The molecule has 0 atom stereocenters. The van der Waals surface area contributed by atoms with Crippen molar-refractivity contribution >= 4 is 23.0 Å². The third-order valence-electron chi connectivity index (χ3n) is 4.68. The highest BCUT2D eigenvalue weighted by Crippen LogP contribution is 2.28. The minimum absolute atomic E-state index is 0.104. The summed E-state index contributed by atoms with van der Waals surface area (Å²) in [6.45, 7) is 8.65. The SMILES string of the molecule is CCOC(=O)NCCNC(=O)c1cc(-c2ccccc2C)nc2c1cnn2C(C)C. The molecule has 0 bridgehead atoms. The molecule has 8 heteroatoms. The Kier molecular flexibility index (Phi) is 6.66. The smallest absolute Gasteiger partial charge is 0.407 e. The second-order valence-corrected chi connectivity index (χ2v) is 7.19. The van der Waals surface area contributed by atoms with Crippen molar-refractivity contribution in [2.45, 2.75) is 33.7 Å². The maximum Gasteiger partial charge on any atom is 0.407 e. The van der Waals surface area contributed by atoms with Gasteiger partial charge in [0.05, 0.1) is 29.4 Å². The third-order valence-corrected chi connectivity index (χ3v) is 4.68. The second kappa shape index (κ2) is 9.39. The largest absolute Gasteiger partial charge is 0.450 e. The monoisotopic (exact) mass is 409 g/mol. The number of rotatable bonds is 7. The Morgan fingerprint density at radius 1 is 1.17 bits per heavy atom. The van der Waals surface area contributed by atoms with E-state index >= 15 is 0 Å². The van der Waals surface area contributed by atoms with Crippen molar-refractivity contribution in [2.75, 3.05) is 19.7 Å². The zero-order chi connectivity index (χ0) is 21.7. The standard InChI is InChI=1S/C22H27N5O3/c1-5-30-22(29)24-11-10-23-21(28)17-12-19(16-9-7-6-8-15(16)4)26-20-18(17)13-25-27(20)14(2)3/h6-9,12-14H,5,10-11H2,1-4H3,(H,23,28)(H,24,29). The number of aryl methyl sites for hydroxylation is 1. The molecule has 3 aromatic rings. The van der Waals surface area contributed by atoms with E-state index in [0.29, 0.717) is 23.2 Å². The number of carbonyl (C=O) groups excluding carboxylic acids is 2. The summed E-state index contributed by atoms with van der Waals surface area (Å²) >= 11 is 0. The highest BCUT2D eigenvalue weighted by Gasteiger charge is 2.19. The minimum Gasteiger partial charge on any atom is -0.450 e. The van der Waals surface area contributed by atoms with Crippen molar-refractivity contribution in [3.63, 3.8) is 0 Å². The van der Waals surface area contributed by atoms with E-state index in [1.807, 2.05) is 49.7 Å². The van der Waals surface area contributed by atoms with Crippen molar-refractivity contribution in [3.05, 3.63) is 47.7 Å². The van der Waals surface area contributed by atoms with Crippen LogP contribution in [0.1, 0.15) is 42.7 Å². The normalized spacial score (nSPS) is 11.0. The van der Waals surface area contributed by atoms with Gasteiger partial charge in [-0.2, -0.15) is 5.10 Å². The van der Waals surface area contributed by atoms with Crippen LogP contribution in [0.3, 0.4) is 0 Å². The Hall–Kier alpha value is -3.42. The van der Waals surface area contributed by atoms with Crippen LogP contribution in [-0.4, -0.2) is 46.5 Å². The van der Waals surface area contributed by atoms with Gasteiger partial charge in [0.15, 0.2) is 5.65 Å². The molecule has 0 saturated heterocycles. The number of benzene rings is 1. The molecule has 0 spiro atoms. The lowest BCUT2D eigenvalue weighted by atomic mass is 10.0. The fraction of sp³-hybridized carbons (Fsp3) is 0.364. The predicted molar refractivity (Wildman–Crippen MR) is 115 cm³/mol. The summed E-state index contributed by atoms with van der Waals surface area (Å²) in [7, 11) is 0. The van der Waals surface area contributed by atoms with Gasteiger partial charge in [0, 0.05) is 24.7 Å². The van der Waals surface area contributed by atoms with Gasteiger partial charge in [-0.05, 0) is 39.3 Å². The number of amides is 2. The number of nitrogens with one attached hydrogen (secondary N) is 2. The lowest BCUT2D eigenvalue weighted by Crippen LogP contribution is -2.35. The molecule has 0 radical (unpaired) electrons. The van der Waals surface area contributed by atoms with Crippen molar-refractivity contribution in [1.82, 2.24) is 25.4 Å². The summed E-state index contributed by atoms with van der Waals surface area (Å²) in [6, 6.07) is 9.83. The summed E-state index contributed by atoms with van der Waals surface area (Å²) in [5.74, 6) is -0.244. The molecule has 0 aliphatic heterocycles. The molecule has 2 amide bonds. The van der Waals surface area contributed by atoms with E-state index in [1.54, 1.807) is 19.2 Å². The van der Waals surface area contributed by atoms with Crippen LogP contribution in [-0.2, 0) is 4.74 Å². The number of hydrogen-bond acceptors (Lipinski definition) is 5. The van der Waals surface area contributed by atoms with Crippen molar-refractivity contribution in [3.8, 4) is 11.3 Å². The summed E-state index contributed by atoms with van der Waals surface area (Å²) in [4.78, 5) is 29.1. The Morgan fingerprint density at radius 2 is 1.90 bits per heavy atom. The first-order valence-corrected chi connectivity index (χ1v) is 10.1. The zero-order valence-electron chi connectivity index (χ0n) is 17.7. The van der Waals surface area contributed by atoms with Crippen LogP contribution in [0.15, 0.2) is 36.5 Å². The van der Waals surface area contributed by atoms with Crippen molar-refractivity contribution in [2.24, 2.45) is 0 Å². The number of carbonyl (C=O) groups is 2. The molecular weight excluding hydrogens is 382 g/mol. The fourth-order valence-corrected chi connectivity index (χ4v) is 3.20. The Balaban J connectivity index is 1.92. The zero-order valence-corrected chi connectivity index (χ0v) is 17.7. The average molecular weight is 409 g/mol. The number of nitrogens with zero attached hydrogens (tertiary/aromatic N) is 3. The van der Waals surface area contributed by atoms with Gasteiger partial charge in [0.1, 0.15) is 0 Å². The van der Waals surface area contributed by atoms with Gasteiger partial charge in [0.2, 0.25) is 0 Å². The average Bonchev–Trinajstić information content (AvgIpc) is 3.15. The number of pyridine rings is 1. The maximum atomic E-state index is 13.0. The van der Waals surface area contributed by atoms with Crippen LogP contribution in [0.5, 0.6) is 0 Å². The number of ether oxygens (including phenoxy) is 1. The molecule has 3 rings (SSSR count). The van der Waals surface area contributed by atoms with Crippen molar-refractivity contribution < 1.29 is 14.3 Å². The van der Waals surface area contributed by atoms with E-state index in [1.165, 1.54) is 0 Å². The predicted octanol–water partition coefficient (Wildman–Crippen LogP) is 3.46. The molecule has 1 aromatic carbocycles. The maximum absolute atomic E-state index is 13.0. The number of alkyl carbamates (subject to hydrolysis) is 1. The molecule has 30 heavy (non-hydrogen) atoms. The molecule has 0 saturated carbocycles. The van der Waals surface area contributed by atoms with Crippen LogP contribution in [0.4, 0.5) is 4.79 Å². The lowest BCUT2D eigenvalue weighted by molar-refractivity contribution is 0.0954. The molecule has 8 nitrogen and oxygen atoms in total. The first kappa shape index (κ1) is 21.3. The molecular formula is C22H27N5O3. The Labute approximate surface area is 175 Å². The van der Waals surface area contributed by atoms with E-state index in [4.69, 9.17) is 9.72 Å². The molecule has 0 fully saturated rings. The van der Waals surface area contributed by atoms with E-state index < -0.39 is 6.09 Å². The van der Waals surface area contributed by atoms with Gasteiger partial charge < -0.3 is 15.4 Å².